The van der Waals surface area contributed by atoms with Crippen LogP contribution in [0.15, 0.2) is 0 Å². The van der Waals surface area contributed by atoms with Gasteiger partial charge in [-0.1, -0.05) is 58.3 Å². The van der Waals surface area contributed by atoms with E-state index >= 15 is 0 Å². The summed E-state index contributed by atoms with van der Waals surface area (Å²) in [5.74, 6) is 0. The molecule has 0 saturated carbocycles. The Bertz CT molecular complexity index is 144. The zero-order valence-corrected chi connectivity index (χ0v) is 13.6. The van der Waals surface area contributed by atoms with Crippen molar-refractivity contribution in [3.8, 4) is 0 Å². The molecule has 0 aromatic carbocycles. The first-order valence-corrected chi connectivity index (χ1v) is 7.36. The van der Waals surface area contributed by atoms with Crippen LogP contribution in [0.5, 0.6) is 0 Å². The maximum Gasteiger partial charge on any atom is 0.0780 e. The van der Waals surface area contributed by atoms with Gasteiger partial charge in [0, 0.05) is 0 Å². The first kappa shape index (κ1) is 23.0. The minimum atomic E-state index is 0. The van der Waals surface area contributed by atoms with Gasteiger partial charge in [-0.25, -0.2) is 0 Å². The molecule has 0 aromatic rings. The average molecular weight is 262 g/mol. The van der Waals surface area contributed by atoms with Gasteiger partial charge in [0.05, 0.1) is 27.7 Å². The van der Waals surface area contributed by atoms with Crippen LogP contribution in [0.1, 0.15) is 71.1 Å². The predicted octanol–water partition coefficient (Wildman–Crippen LogP) is 4.87. The van der Waals surface area contributed by atoms with E-state index in [4.69, 9.17) is 0 Å². The highest BCUT2D eigenvalue weighted by atomic mass is 16.0. The molecule has 0 atom stereocenters. The smallest absolute Gasteiger partial charge is 0.0780 e. The molecule has 0 heterocycles. The van der Waals surface area contributed by atoms with Gasteiger partial charge in [0.1, 0.15) is 0 Å². The summed E-state index contributed by atoms with van der Waals surface area (Å²) in [6.45, 7) is 3.62. The Morgan fingerprint density at radius 3 is 1.28 bits per heavy atom. The lowest BCUT2D eigenvalue weighted by Gasteiger charge is -2.23. The summed E-state index contributed by atoms with van der Waals surface area (Å²) < 4.78 is 1.12. The van der Waals surface area contributed by atoms with Crippen molar-refractivity contribution in [1.82, 2.24) is 6.15 Å². The predicted molar refractivity (Wildman–Crippen MR) is 81.4 cm³/mol. The van der Waals surface area contributed by atoms with Crippen molar-refractivity contribution < 1.29 is 9.96 Å². The number of unbranched alkanes of at least 4 members (excludes halogenated alkanes) is 9. The summed E-state index contributed by atoms with van der Waals surface area (Å²) in [6, 6.07) is 0. The number of hydrogen-bond donors (Lipinski definition) is 1. The molecule has 0 aliphatic rings. The van der Waals surface area contributed by atoms with E-state index in [1.54, 1.807) is 0 Å². The second-order valence-corrected chi connectivity index (χ2v) is 6.20. The van der Waals surface area contributed by atoms with Gasteiger partial charge in [0.15, 0.2) is 0 Å². The molecule has 3 nitrogen and oxygen atoms in total. The van der Waals surface area contributed by atoms with Crippen molar-refractivity contribution >= 4 is 0 Å². The first-order valence-electron chi connectivity index (χ1n) is 7.36. The third-order valence-corrected chi connectivity index (χ3v) is 3.18. The van der Waals surface area contributed by atoms with Crippen molar-refractivity contribution in [3.05, 3.63) is 0 Å². The summed E-state index contributed by atoms with van der Waals surface area (Å²) in [5.41, 5.74) is 0. The second-order valence-electron chi connectivity index (χ2n) is 6.20. The quantitative estimate of drug-likeness (QED) is 0.408. The highest BCUT2D eigenvalue weighted by Gasteiger charge is 2.04. The summed E-state index contributed by atoms with van der Waals surface area (Å²) >= 11 is 0. The monoisotopic (exact) mass is 262 g/mol. The molecule has 18 heavy (non-hydrogen) atoms. The number of quaternary nitrogens is 2. The normalized spacial score (nSPS) is 10.7. The molecule has 114 valence electrons. The maximum atomic E-state index is 2.29. The van der Waals surface area contributed by atoms with E-state index in [2.05, 4.69) is 28.1 Å². The zero-order valence-electron chi connectivity index (χ0n) is 13.6. The number of rotatable bonds is 11. The Balaban J connectivity index is -0.00000112. The van der Waals surface area contributed by atoms with Gasteiger partial charge in [0.25, 0.3) is 0 Å². The Morgan fingerprint density at radius 2 is 0.944 bits per heavy atom. The van der Waals surface area contributed by atoms with E-state index in [0.717, 1.165) is 4.48 Å². The molecule has 0 saturated heterocycles. The molecule has 0 aliphatic heterocycles. The molecular weight excluding hydrogens is 224 g/mol. The molecule has 0 amide bonds. The SMILES string of the molecule is CCCCCCCCCCCC[N+](C)(C)C.[NH4+].[O-2]. The Labute approximate surface area is 115 Å². The van der Waals surface area contributed by atoms with Crippen LogP contribution in [0.2, 0.25) is 0 Å². The number of hydrogen-bond acceptors (Lipinski definition) is 0. The topological polar surface area (TPSA) is 65.0 Å². The van der Waals surface area contributed by atoms with Gasteiger partial charge < -0.3 is 16.1 Å². The van der Waals surface area contributed by atoms with Crippen LogP contribution in [-0.4, -0.2) is 32.2 Å². The van der Waals surface area contributed by atoms with Crippen LogP contribution in [0.25, 0.3) is 0 Å². The second kappa shape index (κ2) is 14.9. The molecule has 0 fully saturated rings. The van der Waals surface area contributed by atoms with Gasteiger partial charge in [-0.15, -0.1) is 0 Å². The average Bonchev–Trinajstić information content (AvgIpc) is 2.19. The van der Waals surface area contributed by atoms with E-state index in [9.17, 15) is 0 Å². The fourth-order valence-electron chi connectivity index (χ4n) is 2.07. The van der Waals surface area contributed by atoms with Crippen LogP contribution in [0.3, 0.4) is 0 Å². The lowest BCUT2D eigenvalue weighted by Crippen LogP contribution is -2.35. The third-order valence-electron chi connectivity index (χ3n) is 3.18. The summed E-state index contributed by atoms with van der Waals surface area (Å²) in [6.07, 6.45) is 14.4. The lowest BCUT2D eigenvalue weighted by molar-refractivity contribution is -0.870. The van der Waals surface area contributed by atoms with Crippen LogP contribution in [-0.2, 0) is 5.48 Å². The Kier molecular flexibility index (Phi) is 19.1. The van der Waals surface area contributed by atoms with E-state index in [0.29, 0.717) is 0 Å². The van der Waals surface area contributed by atoms with Gasteiger partial charge in [0.2, 0.25) is 0 Å². The van der Waals surface area contributed by atoms with E-state index < -0.39 is 0 Å². The molecular formula is C15H38N2O. The largest absolute Gasteiger partial charge is 2.00 e. The fraction of sp³-hybridized carbons (Fsp3) is 1.00. The molecule has 0 aliphatic carbocycles. The molecule has 0 bridgehead atoms. The zero-order chi connectivity index (χ0) is 12.3. The van der Waals surface area contributed by atoms with Gasteiger partial charge in [-0.05, 0) is 12.8 Å². The molecule has 0 rings (SSSR count). The summed E-state index contributed by atoms with van der Waals surface area (Å²) in [5, 5.41) is 0. The first-order chi connectivity index (χ1) is 7.56. The van der Waals surface area contributed by atoms with Gasteiger partial charge in [-0.2, -0.15) is 0 Å². The fourth-order valence-corrected chi connectivity index (χ4v) is 2.07. The Hall–Kier alpha value is -0.120. The number of nitrogens with zero attached hydrogens (tertiary/aromatic N) is 1. The van der Waals surface area contributed by atoms with Crippen molar-refractivity contribution in [2.45, 2.75) is 71.1 Å². The van der Waals surface area contributed by atoms with Crippen molar-refractivity contribution in [3.63, 3.8) is 0 Å². The van der Waals surface area contributed by atoms with Gasteiger partial charge in [-0.3, -0.25) is 0 Å². The summed E-state index contributed by atoms with van der Waals surface area (Å²) in [4.78, 5) is 0. The molecule has 0 radical (unpaired) electrons. The van der Waals surface area contributed by atoms with Crippen LogP contribution in [0.4, 0.5) is 0 Å². The van der Waals surface area contributed by atoms with Crippen LogP contribution >= 0.6 is 0 Å². The lowest BCUT2D eigenvalue weighted by atomic mass is 10.1. The van der Waals surface area contributed by atoms with Crippen LogP contribution in [0, 0.1) is 0 Å². The molecule has 0 unspecified atom stereocenters. The molecule has 0 spiro atoms. The van der Waals surface area contributed by atoms with Crippen molar-refractivity contribution in [1.29, 1.82) is 0 Å². The highest BCUT2D eigenvalue weighted by Crippen LogP contribution is 2.10. The minimum Gasteiger partial charge on any atom is -2.00 e. The molecule has 0 aromatic heterocycles. The van der Waals surface area contributed by atoms with Gasteiger partial charge >= 0.3 is 0 Å². The molecule has 3 heteroatoms. The Morgan fingerprint density at radius 1 is 0.611 bits per heavy atom. The highest BCUT2D eigenvalue weighted by molar-refractivity contribution is 4.47. The maximum absolute atomic E-state index is 2.29. The van der Waals surface area contributed by atoms with Crippen molar-refractivity contribution in [2.24, 2.45) is 0 Å². The van der Waals surface area contributed by atoms with Crippen LogP contribution < -0.4 is 6.15 Å². The van der Waals surface area contributed by atoms with Crippen molar-refractivity contribution in [2.75, 3.05) is 27.7 Å². The van der Waals surface area contributed by atoms with E-state index in [-0.39, 0.29) is 11.6 Å². The van der Waals surface area contributed by atoms with E-state index in [1.165, 1.54) is 70.8 Å². The third kappa shape index (κ3) is 21.2. The standard InChI is InChI=1S/C15H34N.H3N.O/c1-5-6-7-8-9-10-11-12-13-14-15-16(2,3)4;;/h5-15H2,1-4H3;1H3;/q+1;;-2/p+1. The van der Waals surface area contributed by atoms with E-state index in [1.807, 2.05) is 0 Å². The summed E-state index contributed by atoms with van der Waals surface area (Å²) in [7, 11) is 6.86. The minimum absolute atomic E-state index is 0. The molecule has 4 N–H and O–H groups in total.